The van der Waals surface area contributed by atoms with Crippen molar-refractivity contribution in [2.45, 2.75) is 71.3 Å². The van der Waals surface area contributed by atoms with Crippen molar-refractivity contribution in [3.05, 3.63) is 0 Å². The molecule has 2 rings (SSSR count). The van der Waals surface area contributed by atoms with E-state index in [9.17, 15) is 18.0 Å². The zero-order valence-electron chi connectivity index (χ0n) is 14.9. The van der Waals surface area contributed by atoms with Gasteiger partial charge in [-0.25, -0.2) is 8.42 Å². The highest BCUT2D eigenvalue weighted by atomic mass is 32.2. The van der Waals surface area contributed by atoms with E-state index in [0.717, 1.165) is 0 Å². The minimum atomic E-state index is -3.19. The first-order valence-electron chi connectivity index (χ1n) is 7.84. The van der Waals surface area contributed by atoms with Crippen LogP contribution in [0.5, 0.6) is 0 Å². The van der Waals surface area contributed by atoms with E-state index in [2.05, 4.69) is 5.32 Å². The molecule has 0 aromatic heterocycles. The molecule has 1 aliphatic heterocycles. The van der Waals surface area contributed by atoms with Crippen LogP contribution in [0.2, 0.25) is 0 Å². The Hall–Kier alpha value is -1.11. The van der Waals surface area contributed by atoms with Crippen LogP contribution in [0.4, 0.5) is 0 Å². The van der Waals surface area contributed by atoms with Crippen LogP contribution < -0.4 is 5.32 Å². The number of rotatable bonds is 3. The lowest BCUT2D eigenvalue weighted by Crippen LogP contribution is -2.68. The second kappa shape index (κ2) is 4.71. The number of carbonyl (C=O) groups excluding carboxylic acids is 2. The fourth-order valence-corrected chi connectivity index (χ4v) is 4.71. The summed E-state index contributed by atoms with van der Waals surface area (Å²) in [5.74, 6) is -1.05. The molecule has 1 amide bonds. The van der Waals surface area contributed by atoms with Crippen molar-refractivity contribution in [1.82, 2.24) is 5.32 Å². The Morgan fingerprint density at radius 2 is 1.61 bits per heavy atom. The number of amides is 1. The Bertz CT molecular complexity index is 656. The van der Waals surface area contributed by atoms with Crippen LogP contribution in [0.25, 0.3) is 0 Å². The fraction of sp³-hybridized carbons (Fsp3) is 0.875. The normalized spacial score (nSPS) is 33.3. The molecule has 1 saturated carbocycles. The molecule has 1 unspecified atom stereocenters. The first-order chi connectivity index (χ1) is 10.1. The average molecular weight is 345 g/mol. The van der Waals surface area contributed by atoms with Gasteiger partial charge in [-0.05, 0) is 46.5 Å². The van der Waals surface area contributed by atoms with Crippen LogP contribution in [0.1, 0.15) is 54.9 Å². The Balaban J connectivity index is 2.18. The molecule has 0 aromatic carbocycles. The van der Waals surface area contributed by atoms with Crippen molar-refractivity contribution in [3.8, 4) is 0 Å². The molecule has 23 heavy (non-hydrogen) atoms. The van der Waals surface area contributed by atoms with E-state index in [-0.39, 0.29) is 5.75 Å². The summed E-state index contributed by atoms with van der Waals surface area (Å²) < 4.78 is 28.0. The second-order valence-corrected chi connectivity index (χ2v) is 11.5. The Morgan fingerprint density at radius 3 is 1.91 bits per heavy atom. The van der Waals surface area contributed by atoms with Crippen LogP contribution in [0.15, 0.2) is 0 Å². The molecule has 1 N–H and O–H groups in total. The molecule has 6 nitrogen and oxygen atoms in total. The maximum absolute atomic E-state index is 12.8. The quantitative estimate of drug-likeness (QED) is 0.617. The summed E-state index contributed by atoms with van der Waals surface area (Å²) in [5.41, 5.74) is -2.40. The highest BCUT2D eigenvalue weighted by molar-refractivity contribution is 7.94. The van der Waals surface area contributed by atoms with Crippen LogP contribution >= 0.6 is 0 Å². The van der Waals surface area contributed by atoms with Gasteiger partial charge in [0.25, 0.3) is 0 Å². The average Bonchev–Trinajstić information content (AvgIpc) is 2.91. The molecule has 0 radical (unpaired) electrons. The Kier molecular flexibility index (Phi) is 3.73. The van der Waals surface area contributed by atoms with Crippen molar-refractivity contribution >= 4 is 21.7 Å². The molecule has 1 saturated heterocycles. The molecule has 1 heterocycles. The monoisotopic (exact) mass is 345 g/mol. The van der Waals surface area contributed by atoms with Crippen molar-refractivity contribution in [2.75, 3.05) is 5.75 Å². The number of hydrogen-bond donors (Lipinski definition) is 1. The van der Waals surface area contributed by atoms with E-state index in [1.54, 1.807) is 34.6 Å². The maximum atomic E-state index is 12.8. The van der Waals surface area contributed by atoms with Gasteiger partial charge in [0, 0.05) is 0 Å². The van der Waals surface area contributed by atoms with E-state index in [0.29, 0.717) is 6.42 Å². The highest BCUT2D eigenvalue weighted by Crippen LogP contribution is 2.64. The first-order valence-corrected chi connectivity index (χ1v) is 9.49. The van der Waals surface area contributed by atoms with Crippen molar-refractivity contribution in [2.24, 2.45) is 10.8 Å². The molecular formula is C16H27NO5S. The Morgan fingerprint density at radius 1 is 1.13 bits per heavy atom. The van der Waals surface area contributed by atoms with E-state index in [4.69, 9.17) is 4.74 Å². The van der Waals surface area contributed by atoms with Gasteiger partial charge in [0.15, 0.2) is 15.3 Å². The van der Waals surface area contributed by atoms with E-state index in [1.165, 1.54) is 0 Å². The first kappa shape index (κ1) is 18.2. The van der Waals surface area contributed by atoms with Crippen LogP contribution in [0, 0.1) is 10.8 Å². The molecule has 0 aromatic rings. The molecule has 2 atom stereocenters. The smallest absolute Gasteiger partial charge is 0.322 e. The summed E-state index contributed by atoms with van der Waals surface area (Å²) in [6.07, 6.45) is 0.403. The van der Waals surface area contributed by atoms with Gasteiger partial charge in [0.05, 0.1) is 16.5 Å². The lowest BCUT2D eigenvalue weighted by molar-refractivity contribution is -0.166. The molecule has 7 heteroatoms. The zero-order chi connectivity index (χ0) is 18.1. The third-order valence-corrected chi connectivity index (χ3v) is 7.86. The predicted octanol–water partition coefficient (Wildman–Crippen LogP) is 1.44. The highest BCUT2D eigenvalue weighted by Gasteiger charge is 2.73. The standard InChI is InChI=1S/C16H27NO5S/c1-13(2,3)22-12(19)16(9-14(16,4)5)11(18)17-10-8-23(20,21)15(10,6)7/h10H,8-9H2,1-7H3,(H,17,18)/t10-,16?/m0/s1. The van der Waals surface area contributed by atoms with Gasteiger partial charge in [-0.2, -0.15) is 0 Å². The predicted molar refractivity (Wildman–Crippen MR) is 86.5 cm³/mol. The molecule has 2 aliphatic rings. The van der Waals surface area contributed by atoms with Crippen molar-refractivity contribution in [3.63, 3.8) is 0 Å². The number of hydrogen-bond acceptors (Lipinski definition) is 5. The largest absolute Gasteiger partial charge is 0.459 e. The summed E-state index contributed by atoms with van der Waals surface area (Å²) in [4.78, 5) is 25.3. The van der Waals surface area contributed by atoms with Crippen LogP contribution in [-0.4, -0.2) is 42.4 Å². The summed E-state index contributed by atoms with van der Waals surface area (Å²) in [5, 5.41) is 2.77. The fourth-order valence-electron chi connectivity index (χ4n) is 3.06. The van der Waals surface area contributed by atoms with Crippen molar-refractivity contribution in [1.29, 1.82) is 0 Å². The van der Waals surface area contributed by atoms with Crippen LogP contribution in [-0.2, 0) is 24.2 Å². The third-order valence-electron chi connectivity index (χ3n) is 5.20. The molecule has 0 spiro atoms. The zero-order valence-corrected chi connectivity index (χ0v) is 15.8. The maximum Gasteiger partial charge on any atom is 0.322 e. The van der Waals surface area contributed by atoms with Gasteiger partial charge in [-0.15, -0.1) is 0 Å². The second-order valence-electron chi connectivity index (χ2n) is 8.88. The molecule has 0 bridgehead atoms. The van der Waals surface area contributed by atoms with Gasteiger partial charge in [0.2, 0.25) is 5.91 Å². The van der Waals surface area contributed by atoms with Crippen molar-refractivity contribution < 1.29 is 22.7 Å². The lowest BCUT2D eigenvalue weighted by Gasteiger charge is -2.44. The molecule has 132 valence electrons. The summed E-state index contributed by atoms with van der Waals surface area (Å²) >= 11 is 0. The number of esters is 1. The molecular weight excluding hydrogens is 318 g/mol. The summed E-state index contributed by atoms with van der Waals surface area (Å²) in [6.45, 7) is 12.1. The van der Waals surface area contributed by atoms with Gasteiger partial charge < -0.3 is 10.1 Å². The summed E-state index contributed by atoms with van der Waals surface area (Å²) in [6, 6.07) is -0.476. The third kappa shape index (κ3) is 2.66. The van der Waals surface area contributed by atoms with Gasteiger partial charge in [0.1, 0.15) is 5.60 Å². The summed E-state index contributed by atoms with van der Waals surface area (Å²) in [7, 11) is -3.19. The molecule has 1 aliphatic carbocycles. The number of nitrogens with one attached hydrogen (secondary N) is 1. The SMILES string of the molecule is CC(C)(C)OC(=O)C1(C(=O)N[C@H]2CS(=O)(=O)C2(C)C)CC1(C)C. The van der Waals surface area contributed by atoms with Gasteiger partial charge in [-0.1, -0.05) is 13.8 Å². The number of carbonyl (C=O) groups is 2. The van der Waals surface area contributed by atoms with E-state index in [1.807, 2.05) is 13.8 Å². The Labute approximate surface area is 138 Å². The topological polar surface area (TPSA) is 89.5 Å². The van der Waals surface area contributed by atoms with Gasteiger partial charge in [-0.3, -0.25) is 9.59 Å². The number of ether oxygens (including phenoxy) is 1. The minimum Gasteiger partial charge on any atom is -0.459 e. The van der Waals surface area contributed by atoms with E-state index < -0.39 is 48.9 Å². The number of sulfone groups is 1. The van der Waals surface area contributed by atoms with Gasteiger partial charge >= 0.3 is 5.97 Å². The van der Waals surface area contributed by atoms with Crippen LogP contribution in [0.3, 0.4) is 0 Å². The molecule has 2 fully saturated rings. The minimum absolute atomic E-state index is 0.0867. The van der Waals surface area contributed by atoms with E-state index >= 15 is 0 Å². The lowest BCUT2D eigenvalue weighted by atomic mass is 9.93.